The molecule has 47 valence electrons. The summed E-state index contributed by atoms with van der Waals surface area (Å²) in [4.78, 5) is 0. The highest BCUT2D eigenvalue weighted by molar-refractivity contribution is 5.20. The van der Waals surface area contributed by atoms with E-state index in [9.17, 15) is 8.78 Å². The van der Waals surface area contributed by atoms with Crippen molar-refractivity contribution < 1.29 is 8.78 Å². The molecule has 1 rings (SSSR count). The van der Waals surface area contributed by atoms with Gasteiger partial charge in [-0.3, -0.25) is 0 Å². The van der Waals surface area contributed by atoms with E-state index < -0.39 is 0 Å². The lowest BCUT2D eigenvalue weighted by Gasteiger charge is -1.89. The topological polar surface area (TPSA) is 0 Å². The summed E-state index contributed by atoms with van der Waals surface area (Å²) >= 11 is 0. The Morgan fingerprint density at radius 2 is 1.67 bits per heavy atom. The first-order valence-electron chi connectivity index (χ1n) is 2.52. The Balaban J connectivity index is 2.88. The first-order valence-corrected chi connectivity index (χ1v) is 2.52. The van der Waals surface area contributed by atoms with Crippen LogP contribution < -0.4 is 0 Å². The lowest BCUT2D eigenvalue weighted by molar-refractivity contribution is 0.622. The standard InChI is InChI=1S/C7H5F2/c8-5-6-1-3-7(9)4-2-6/h1-5H. The maximum atomic E-state index is 12.1. The van der Waals surface area contributed by atoms with Gasteiger partial charge in [0.2, 0.25) is 0 Å². The third-order valence-electron chi connectivity index (χ3n) is 0.996. The number of hydrogen-bond acceptors (Lipinski definition) is 0. The Morgan fingerprint density at radius 1 is 1.11 bits per heavy atom. The molecule has 0 heterocycles. The Morgan fingerprint density at radius 3 is 2.11 bits per heavy atom. The van der Waals surface area contributed by atoms with Gasteiger partial charge in [0, 0.05) is 0 Å². The van der Waals surface area contributed by atoms with Crippen LogP contribution in [0.5, 0.6) is 0 Å². The van der Waals surface area contributed by atoms with E-state index in [1.165, 1.54) is 24.3 Å². The van der Waals surface area contributed by atoms with Gasteiger partial charge < -0.3 is 0 Å². The van der Waals surface area contributed by atoms with Crippen LogP contribution in [0.1, 0.15) is 5.56 Å². The SMILES string of the molecule is F[CH]c1ccc(F)cc1. The molecule has 0 saturated heterocycles. The summed E-state index contributed by atoms with van der Waals surface area (Å²) in [5.74, 6) is -0.347. The van der Waals surface area contributed by atoms with Gasteiger partial charge in [0.05, 0.1) is 0 Å². The molecule has 0 aliphatic carbocycles. The summed E-state index contributed by atoms with van der Waals surface area (Å²) in [5, 5.41) is 0. The van der Waals surface area contributed by atoms with Crippen molar-refractivity contribution in [3.63, 3.8) is 0 Å². The van der Waals surface area contributed by atoms with Crippen LogP contribution in [0.4, 0.5) is 8.78 Å². The largest absolute Gasteiger partial charge is 0.239 e. The molecule has 0 nitrogen and oxygen atoms in total. The Bertz CT molecular complexity index is 179. The van der Waals surface area contributed by atoms with Crippen LogP contribution in [0.25, 0.3) is 0 Å². The molecule has 1 aromatic carbocycles. The lowest BCUT2D eigenvalue weighted by Crippen LogP contribution is -1.75. The van der Waals surface area contributed by atoms with Crippen molar-refractivity contribution in [3.05, 3.63) is 42.3 Å². The van der Waals surface area contributed by atoms with E-state index in [0.29, 0.717) is 12.2 Å². The maximum absolute atomic E-state index is 12.1. The molecule has 0 fully saturated rings. The first-order chi connectivity index (χ1) is 4.33. The summed E-state index contributed by atoms with van der Waals surface area (Å²) < 4.78 is 23.7. The summed E-state index contributed by atoms with van der Waals surface area (Å²) in [6, 6.07) is 5.17. The zero-order valence-electron chi connectivity index (χ0n) is 4.64. The van der Waals surface area contributed by atoms with Crippen LogP contribution in [-0.2, 0) is 0 Å². The van der Waals surface area contributed by atoms with E-state index in [1.54, 1.807) is 0 Å². The number of benzene rings is 1. The summed E-state index contributed by atoms with van der Waals surface area (Å²) in [6.45, 7) is 0.430. The minimum atomic E-state index is -0.347. The third-order valence-corrected chi connectivity index (χ3v) is 0.996. The van der Waals surface area contributed by atoms with Crippen LogP contribution in [0.2, 0.25) is 0 Å². The van der Waals surface area contributed by atoms with Crippen molar-refractivity contribution in [3.8, 4) is 0 Å². The average Bonchev–Trinajstić information content (AvgIpc) is 1.90. The molecule has 0 bridgehead atoms. The molecule has 0 spiro atoms. The zero-order chi connectivity index (χ0) is 6.69. The van der Waals surface area contributed by atoms with Crippen molar-refractivity contribution in [1.29, 1.82) is 0 Å². The van der Waals surface area contributed by atoms with E-state index in [4.69, 9.17) is 0 Å². The second-order valence-corrected chi connectivity index (χ2v) is 1.66. The molecule has 0 amide bonds. The van der Waals surface area contributed by atoms with Crippen LogP contribution in [-0.4, -0.2) is 0 Å². The Kier molecular flexibility index (Phi) is 1.78. The molecular weight excluding hydrogens is 122 g/mol. The van der Waals surface area contributed by atoms with E-state index in [0.717, 1.165) is 0 Å². The molecule has 0 saturated carbocycles. The van der Waals surface area contributed by atoms with Gasteiger partial charge in [-0.2, -0.15) is 0 Å². The van der Waals surface area contributed by atoms with Crippen LogP contribution in [0.15, 0.2) is 24.3 Å². The zero-order valence-corrected chi connectivity index (χ0v) is 4.64. The molecule has 0 aliphatic heterocycles. The van der Waals surface area contributed by atoms with Gasteiger partial charge >= 0.3 is 0 Å². The Labute approximate surface area is 52.1 Å². The van der Waals surface area contributed by atoms with Crippen molar-refractivity contribution in [2.75, 3.05) is 0 Å². The molecule has 9 heavy (non-hydrogen) atoms. The van der Waals surface area contributed by atoms with E-state index in [-0.39, 0.29) is 5.82 Å². The van der Waals surface area contributed by atoms with Crippen molar-refractivity contribution in [1.82, 2.24) is 0 Å². The third kappa shape index (κ3) is 1.49. The van der Waals surface area contributed by atoms with Crippen LogP contribution >= 0.6 is 0 Å². The van der Waals surface area contributed by atoms with Gasteiger partial charge in [0.1, 0.15) is 5.82 Å². The molecule has 1 aromatic rings. The second kappa shape index (κ2) is 2.58. The summed E-state index contributed by atoms with van der Waals surface area (Å²) in [5.41, 5.74) is 0.386. The maximum Gasteiger partial charge on any atom is 0.160 e. The highest BCUT2D eigenvalue weighted by Gasteiger charge is 1.90. The molecule has 0 unspecified atom stereocenters. The van der Waals surface area contributed by atoms with Gasteiger partial charge in [-0.1, -0.05) is 12.1 Å². The molecular formula is C7H5F2. The normalized spacial score (nSPS) is 9.56. The van der Waals surface area contributed by atoms with Crippen molar-refractivity contribution >= 4 is 0 Å². The van der Waals surface area contributed by atoms with Gasteiger partial charge in [-0.25, -0.2) is 8.78 Å². The predicted octanol–water partition coefficient (Wildman–Crippen LogP) is 2.31. The van der Waals surface area contributed by atoms with Gasteiger partial charge in [0.25, 0.3) is 0 Å². The second-order valence-electron chi connectivity index (χ2n) is 1.66. The van der Waals surface area contributed by atoms with Gasteiger partial charge in [-0.15, -0.1) is 0 Å². The first kappa shape index (κ1) is 6.20. The average molecular weight is 127 g/mol. The number of rotatable bonds is 1. The Hall–Kier alpha value is -0.920. The number of hydrogen-bond donors (Lipinski definition) is 0. The minimum absolute atomic E-state index is 0.347. The smallest absolute Gasteiger partial charge is 0.160 e. The predicted molar refractivity (Wildman–Crippen MR) is 30.9 cm³/mol. The summed E-state index contributed by atoms with van der Waals surface area (Å²) in [7, 11) is 0. The quantitative estimate of drug-likeness (QED) is 0.543. The van der Waals surface area contributed by atoms with Gasteiger partial charge in [-0.05, 0) is 17.7 Å². The molecule has 2 heteroatoms. The highest BCUT2D eigenvalue weighted by atomic mass is 19.1. The van der Waals surface area contributed by atoms with Crippen LogP contribution in [0, 0.1) is 12.5 Å². The van der Waals surface area contributed by atoms with Crippen LogP contribution in [0.3, 0.4) is 0 Å². The molecule has 0 aliphatic rings. The van der Waals surface area contributed by atoms with E-state index in [2.05, 4.69) is 0 Å². The molecule has 0 N–H and O–H groups in total. The summed E-state index contributed by atoms with van der Waals surface area (Å²) in [6.07, 6.45) is 0. The van der Waals surface area contributed by atoms with Crippen molar-refractivity contribution in [2.24, 2.45) is 0 Å². The fourth-order valence-electron chi connectivity index (χ4n) is 0.536. The fraction of sp³-hybridized carbons (Fsp3) is 0. The van der Waals surface area contributed by atoms with Gasteiger partial charge in [0.15, 0.2) is 6.67 Å². The van der Waals surface area contributed by atoms with E-state index in [1.807, 2.05) is 0 Å². The lowest BCUT2D eigenvalue weighted by atomic mass is 10.2. The number of halogens is 2. The molecule has 0 aromatic heterocycles. The minimum Gasteiger partial charge on any atom is -0.239 e. The van der Waals surface area contributed by atoms with E-state index >= 15 is 0 Å². The highest BCUT2D eigenvalue weighted by Crippen LogP contribution is 2.04. The molecule has 1 radical (unpaired) electrons. The monoisotopic (exact) mass is 127 g/mol. The van der Waals surface area contributed by atoms with Crippen molar-refractivity contribution in [2.45, 2.75) is 0 Å². The fourth-order valence-corrected chi connectivity index (χ4v) is 0.536. The molecule has 0 atom stereocenters.